The molecule has 2 N–H and O–H groups in total. The maximum absolute atomic E-state index is 12.8. The van der Waals surface area contributed by atoms with E-state index in [1.807, 2.05) is 13.0 Å². The molecule has 1 aliphatic rings. The molecule has 9 heteroatoms. The average Bonchev–Trinajstić information content (AvgIpc) is 2.70. The topological polar surface area (TPSA) is 78.5 Å². The summed E-state index contributed by atoms with van der Waals surface area (Å²) in [6.45, 7) is 5.18. The van der Waals surface area contributed by atoms with Gasteiger partial charge in [-0.1, -0.05) is 28.9 Å². The predicted octanol–water partition coefficient (Wildman–Crippen LogP) is 4.30. The lowest BCUT2D eigenvalue weighted by molar-refractivity contribution is 0.0977. The number of hydrogen-bond donors (Lipinski definition) is 2. The van der Waals surface area contributed by atoms with Gasteiger partial charge in [0.15, 0.2) is 5.11 Å². The summed E-state index contributed by atoms with van der Waals surface area (Å²) in [7, 11) is -3.49. The Morgan fingerprint density at radius 3 is 2.37 bits per heavy atom. The van der Waals surface area contributed by atoms with E-state index in [9.17, 15) is 13.2 Å². The zero-order chi connectivity index (χ0) is 21.9. The summed E-state index contributed by atoms with van der Waals surface area (Å²) in [5.74, 6) is 0.229. The number of nitrogens with zero attached hydrogens (tertiary/aromatic N) is 1. The van der Waals surface area contributed by atoms with Crippen molar-refractivity contribution in [2.45, 2.75) is 31.6 Å². The van der Waals surface area contributed by atoms with Crippen LogP contribution in [-0.2, 0) is 10.0 Å². The number of hydrogen-bond acceptors (Lipinski definition) is 4. The van der Waals surface area contributed by atoms with Crippen molar-refractivity contribution in [2.24, 2.45) is 5.92 Å². The third-order valence-corrected chi connectivity index (χ3v) is 8.12. The van der Waals surface area contributed by atoms with Crippen LogP contribution in [0.2, 0.25) is 0 Å². The Morgan fingerprint density at radius 1 is 1.13 bits per heavy atom. The number of benzene rings is 2. The van der Waals surface area contributed by atoms with Gasteiger partial charge in [0.2, 0.25) is 10.0 Å². The smallest absolute Gasteiger partial charge is 0.257 e. The normalized spacial score (nSPS) is 15.6. The van der Waals surface area contributed by atoms with Crippen LogP contribution in [0.15, 0.2) is 51.8 Å². The van der Waals surface area contributed by atoms with Crippen LogP contribution < -0.4 is 10.6 Å². The van der Waals surface area contributed by atoms with Crippen LogP contribution in [0.4, 0.5) is 5.69 Å². The predicted molar refractivity (Wildman–Crippen MR) is 126 cm³/mol. The number of anilines is 1. The summed E-state index contributed by atoms with van der Waals surface area (Å²) in [6.07, 6.45) is 1.76. The quantitative estimate of drug-likeness (QED) is 0.600. The minimum atomic E-state index is -3.49. The molecule has 0 saturated carbocycles. The molecule has 0 aliphatic carbocycles. The van der Waals surface area contributed by atoms with Crippen molar-refractivity contribution >= 4 is 54.9 Å². The monoisotopic (exact) mass is 509 g/mol. The summed E-state index contributed by atoms with van der Waals surface area (Å²) < 4.78 is 28.0. The SMILES string of the molecule is Cc1ccc(C(=O)NC(=S)Nc2ccc(S(=O)(=O)N3CCC(C)CC3)cc2)cc1Br. The molecule has 3 rings (SSSR count). The molecule has 2 aromatic carbocycles. The number of rotatable bonds is 4. The molecular weight excluding hydrogens is 486 g/mol. The number of amides is 1. The molecule has 0 spiro atoms. The van der Waals surface area contributed by atoms with Crippen molar-refractivity contribution in [1.82, 2.24) is 9.62 Å². The Hall–Kier alpha value is -1.81. The molecule has 0 atom stereocenters. The van der Waals surface area contributed by atoms with Gasteiger partial charge in [-0.3, -0.25) is 10.1 Å². The summed E-state index contributed by atoms with van der Waals surface area (Å²) in [6, 6.07) is 11.7. The van der Waals surface area contributed by atoms with Gasteiger partial charge >= 0.3 is 0 Å². The standard InChI is InChI=1S/C21H24BrN3O3S2/c1-14-9-11-25(12-10-14)30(27,28)18-7-5-17(6-8-18)23-21(29)24-20(26)16-4-3-15(2)19(22)13-16/h3-8,13-14H,9-12H2,1-2H3,(H2,23,24,26,29). The molecule has 1 aliphatic heterocycles. The van der Waals surface area contributed by atoms with E-state index in [2.05, 4.69) is 33.5 Å². The Bertz CT molecular complexity index is 1050. The van der Waals surface area contributed by atoms with Crippen molar-refractivity contribution in [1.29, 1.82) is 0 Å². The molecule has 30 heavy (non-hydrogen) atoms. The van der Waals surface area contributed by atoms with Gasteiger partial charge in [0.05, 0.1) is 4.90 Å². The first-order valence-electron chi connectivity index (χ1n) is 9.65. The number of nitrogens with one attached hydrogen (secondary N) is 2. The highest BCUT2D eigenvalue weighted by atomic mass is 79.9. The van der Waals surface area contributed by atoms with Crippen molar-refractivity contribution in [3.05, 3.63) is 58.1 Å². The van der Waals surface area contributed by atoms with Crippen LogP contribution in [0.5, 0.6) is 0 Å². The number of halogens is 1. The van der Waals surface area contributed by atoms with Crippen molar-refractivity contribution in [3.8, 4) is 0 Å². The molecule has 0 aromatic heterocycles. The van der Waals surface area contributed by atoms with E-state index in [1.165, 1.54) is 0 Å². The molecule has 1 fully saturated rings. The largest absolute Gasteiger partial charge is 0.332 e. The van der Waals surface area contributed by atoms with Gasteiger partial charge in [-0.2, -0.15) is 4.31 Å². The van der Waals surface area contributed by atoms with E-state index in [1.54, 1.807) is 40.7 Å². The highest BCUT2D eigenvalue weighted by molar-refractivity contribution is 9.10. The van der Waals surface area contributed by atoms with Gasteiger partial charge < -0.3 is 5.32 Å². The number of carbonyl (C=O) groups is 1. The van der Waals surface area contributed by atoms with E-state index >= 15 is 0 Å². The zero-order valence-electron chi connectivity index (χ0n) is 16.8. The Kier molecular flexibility index (Phi) is 7.28. The second kappa shape index (κ2) is 9.55. The fraction of sp³-hybridized carbons (Fsp3) is 0.333. The van der Waals surface area contributed by atoms with E-state index < -0.39 is 10.0 Å². The van der Waals surface area contributed by atoms with Gasteiger partial charge in [-0.15, -0.1) is 0 Å². The van der Waals surface area contributed by atoms with Crippen LogP contribution in [-0.4, -0.2) is 36.8 Å². The van der Waals surface area contributed by atoms with E-state index in [-0.39, 0.29) is 15.9 Å². The number of piperidine rings is 1. The first-order chi connectivity index (χ1) is 14.2. The highest BCUT2D eigenvalue weighted by Gasteiger charge is 2.27. The summed E-state index contributed by atoms with van der Waals surface area (Å²) in [5, 5.41) is 5.67. The zero-order valence-corrected chi connectivity index (χ0v) is 20.0. The Balaban J connectivity index is 1.61. The van der Waals surface area contributed by atoms with Crippen molar-refractivity contribution in [3.63, 3.8) is 0 Å². The van der Waals surface area contributed by atoms with Crippen LogP contribution in [0.25, 0.3) is 0 Å². The first-order valence-corrected chi connectivity index (χ1v) is 12.3. The third kappa shape index (κ3) is 5.46. The lowest BCUT2D eigenvalue weighted by Gasteiger charge is -2.29. The molecule has 1 heterocycles. The fourth-order valence-electron chi connectivity index (χ4n) is 3.16. The molecule has 1 amide bonds. The van der Waals surface area contributed by atoms with Crippen LogP contribution in [0, 0.1) is 12.8 Å². The summed E-state index contributed by atoms with van der Waals surface area (Å²) in [4.78, 5) is 12.6. The maximum atomic E-state index is 12.8. The number of carbonyl (C=O) groups excluding carboxylic acids is 1. The van der Waals surface area contributed by atoms with Crippen LogP contribution in [0.1, 0.15) is 35.7 Å². The third-order valence-electron chi connectivity index (χ3n) is 5.15. The van der Waals surface area contributed by atoms with Gasteiger partial charge in [-0.25, -0.2) is 8.42 Å². The Morgan fingerprint density at radius 2 is 1.77 bits per heavy atom. The van der Waals surface area contributed by atoms with Crippen LogP contribution in [0.3, 0.4) is 0 Å². The number of sulfonamides is 1. The molecular formula is C21H24BrN3O3S2. The maximum Gasteiger partial charge on any atom is 0.257 e. The molecule has 0 radical (unpaired) electrons. The summed E-state index contributed by atoms with van der Waals surface area (Å²) in [5.41, 5.74) is 2.10. The second-order valence-electron chi connectivity index (χ2n) is 7.48. The molecule has 160 valence electrons. The van der Waals surface area contributed by atoms with Gasteiger partial charge in [-0.05, 0) is 79.9 Å². The molecule has 2 aromatic rings. The minimum Gasteiger partial charge on any atom is -0.332 e. The van der Waals surface area contributed by atoms with E-state index in [0.717, 1.165) is 22.9 Å². The Labute approximate surface area is 191 Å². The van der Waals surface area contributed by atoms with Gasteiger partial charge in [0, 0.05) is 28.8 Å². The second-order valence-corrected chi connectivity index (χ2v) is 10.7. The van der Waals surface area contributed by atoms with Crippen LogP contribution >= 0.6 is 28.1 Å². The van der Waals surface area contributed by atoms with E-state index in [0.29, 0.717) is 30.3 Å². The molecule has 6 nitrogen and oxygen atoms in total. The van der Waals surface area contributed by atoms with Crippen molar-refractivity contribution < 1.29 is 13.2 Å². The number of aryl methyl sites for hydroxylation is 1. The molecule has 0 bridgehead atoms. The lowest BCUT2D eigenvalue weighted by atomic mass is 10.0. The molecule has 0 unspecified atom stereocenters. The fourth-order valence-corrected chi connectivity index (χ4v) is 5.22. The minimum absolute atomic E-state index is 0.136. The highest BCUT2D eigenvalue weighted by Crippen LogP contribution is 2.24. The average molecular weight is 510 g/mol. The lowest BCUT2D eigenvalue weighted by Crippen LogP contribution is -2.37. The van der Waals surface area contributed by atoms with E-state index in [4.69, 9.17) is 12.2 Å². The van der Waals surface area contributed by atoms with Gasteiger partial charge in [0.25, 0.3) is 5.91 Å². The molecule has 1 saturated heterocycles. The first kappa shape index (κ1) is 22.9. The van der Waals surface area contributed by atoms with Crippen molar-refractivity contribution in [2.75, 3.05) is 18.4 Å². The summed E-state index contributed by atoms with van der Waals surface area (Å²) >= 11 is 8.62. The number of thiocarbonyl (C=S) groups is 1. The van der Waals surface area contributed by atoms with Gasteiger partial charge in [0.1, 0.15) is 0 Å².